The van der Waals surface area contributed by atoms with E-state index in [2.05, 4.69) is 36.5 Å². The molecule has 0 amide bonds. The maximum Gasteiger partial charge on any atom is 0.0594 e. The SMILES string of the molecule is CCc1ccc(CCNCC(N)CO)cc1. The molecule has 1 aromatic rings. The highest BCUT2D eigenvalue weighted by atomic mass is 16.3. The van der Waals surface area contributed by atoms with Crippen LogP contribution in [0.3, 0.4) is 0 Å². The molecule has 1 atom stereocenters. The van der Waals surface area contributed by atoms with Crippen molar-refractivity contribution in [1.82, 2.24) is 5.32 Å². The van der Waals surface area contributed by atoms with Gasteiger partial charge in [0.25, 0.3) is 0 Å². The minimum atomic E-state index is -0.150. The first-order chi connectivity index (χ1) is 7.76. The van der Waals surface area contributed by atoms with Crippen molar-refractivity contribution >= 4 is 0 Å². The number of hydrogen-bond acceptors (Lipinski definition) is 3. The lowest BCUT2D eigenvalue weighted by atomic mass is 10.1. The molecule has 0 saturated heterocycles. The van der Waals surface area contributed by atoms with Gasteiger partial charge in [0.2, 0.25) is 0 Å². The van der Waals surface area contributed by atoms with Crippen LogP contribution in [0, 0.1) is 0 Å². The van der Waals surface area contributed by atoms with E-state index in [9.17, 15) is 0 Å². The van der Waals surface area contributed by atoms with Gasteiger partial charge in [-0.3, -0.25) is 0 Å². The first-order valence-electron chi connectivity index (χ1n) is 5.91. The van der Waals surface area contributed by atoms with Gasteiger partial charge in [0.05, 0.1) is 6.61 Å². The second kappa shape index (κ2) is 7.39. The molecule has 0 heterocycles. The van der Waals surface area contributed by atoms with Gasteiger partial charge >= 0.3 is 0 Å². The Kier molecular flexibility index (Phi) is 6.08. The fourth-order valence-electron chi connectivity index (χ4n) is 1.53. The maximum absolute atomic E-state index is 8.74. The van der Waals surface area contributed by atoms with E-state index in [4.69, 9.17) is 10.8 Å². The van der Waals surface area contributed by atoms with Crippen LogP contribution in [-0.4, -0.2) is 30.8 Å². The number of hydrogen-bond donors (Lipinski definition) is 3. The highest BCUT2D eigenvalue weighted by molar-refractivity contribution is 5.22. The van der Waals surface area contributed by atoms with Crippen LogP contribution in [0.15, 0.2) is 24.3 Å². The van der Waals surface area contributed by atoms with Gasteiger partial charge in [-0.05, 0) is 30.5 Å². The molecule has 3 heteroatoms. The summed E-state index contributed by atoms with van der Waals surface area (Å²) in [5.74, 6) is 0. The average molecular weight is 222 g/mol. The molecule has 1 unspecified atom stereocenters. The summed E-state index contributed by atoms with van der Waals surface area (Å²) < 4.78 is 0. The molecule has 0 bridgehead atoms. The molecule has 0 fully saturated rings. The molecule has 1 rings (SSSR count). The third-order valence-electron chi connectivity index (χ3n) is 2.66. The van der Waals surface area contributed by atoms with E-state index < -0.39 is 0 Å². The van der Waals surface area contributed by atoms with E-state index >= 15 is 0 Å². The Morgan fingerprint density at radius 1 is 1.25 bits per heavy atom. The summed E-state index contributed by atoms with van der Waals surface area (Å²) in [5, 5.41) is 12.0. The molecule has 3 nitrogen and oxygen atoms in total. The van der Waals surface area contributed by atoms with Gasteiger partial charge in [0.1, 0.15) is 0 Å². The van der Waals surface area contributed by atoms with E-state index in [1.807, 2.05) is 0 Å². The van der Waals surface area contributed by atoms with Crippen LogP contribution in [0.2, 0.25) is 0 Å². The maximum atomic E-state index is 8.74. The minimum Gasteiger partial charge on any atom is -0.395 e. The first-order valence-corrected chi connectivity index (χ1v) is 5.91. The molecule has 4 N–H and O–H groups in total. The van der Waals surface area contributed by atoms with Crippen molar-refractivity contribution in [3.8, 4) is 0 Å². The zero-order valence-electron chi connectivity index (χ0n) is 9.95. The standard InChI is InChI=1S/C13H22N2O/c1-2-11-3-5-12(6-4-11)7-8-15-9-13(14)10-16/h3-6,13,15-16H,2,7-10,14H2,1H3. The van der Waals surface area contributed by atoms with Crippen molar-refractivity contribution in [2.24, 2.45) is 5.73 Å². The van der Waals surface area contributed by atoms with Crippen molar-refractivity contribution in [1.29, 1.82) is 0 Å². The molecule has 0 saturated carbocycles. The quantitative estimate of drug-likeness (QED) is 0.595. The number of aliphatic hydroxyl groups is 1. The summed E-state index contributed by atoms with van der Waals surface area (Å²) in [4.78, 5) is 0. The number of nitrogens with two attached hydrogens (primary N) is 1. The van der Waals surface area contributed by atoms with Crippen LogP contribution >= 0.6 is 0 Å². The third-order valence-corrected chi connectivity index (χ3v) is 2.66. The normalized spacial score (nSPS) is 12.7. The Hall–Kier alpha value is -0.900. The van der Waals surface area contributed by atoms with E-state index in [0.29, 0.717) is 6.54 Å². The molecule has 16 heavy (non-hydrogen) atoms. The Bertz CT molecular complexity index is 284. The van der Waals surface area contributed by atoms with Crippen molar-refractivity contribution in [2.75, 3.05) is 19.7 Å². The Morgan fingerprint density at radius 3 is 2.44 bits per heavy atom. The predicted molar refractivity (Wildman–Crippen MR) is 67.5 cm³/mol. The Balaban J connectivity index is 2.21. The molecule has 0 aromatic heterocycles. The monoisotopic (exact) mass is 222 g/mol. The molecular weight excluding hydrogens is 200 g/mol. The summed E-state index contributed by atoms with van der Waals surface area (Å²) >= 11 is 0. The summed E-state index contributed by atoms with van der Waals surface area (Å²) in [6.45, 7) is 3.77. The fourth-order valence-corrected chi connectivity index (χ4v) is 1.53. The van der Waals surface area contributed by atoms with Crippen molar-refractivity contribution in [2.45, 2.75) is 25.8 Å². The number of aliphatic hydroxyl groups excluding tert-OH is 1. The van der Waals surface area contributed by atoms with Gasteiger partial charge in [-0.25, -0.2) is 0 Å². The highest BCUT2D eigenvalue weighted by Gasteiger charge is 1.98. The summed E-state index contributed by atoms with van der Waals surface area (Å²) in [6.07, 6.45) is 2.09. The van der Waals surface area contributed by atoms with Gasteiger partial charge in [0.15, 0.2) is 0 Å². The van der Waals surface area contributed by atoms with E-state index in [0.717, 1.165) is 19.4 Å². The van der Waals surface area contributed by atoms with Crippen LogP contribution in [0.5, 0.6) is 0 Å². The summed E-state index contributed by atoms with van der Waals surface area (Å²) in [7, 11) is 0. The second-order valence-electron chi connectivity index (χ2n) is 4.07. The van der Waals surface area contributed by atoms with Crippen molar-refractivity contribution in [3.63, 3.8) is 0 Å². The molecular formula is C13H22N2O. The number of rotatable bonds is 7. The van der Waals surface area contributed by atoms with Gasteiger partial charge in [-0.2, -0.15) is 0 Å². The third kappa shape index (κ3) is 4.75. The molecule has 0 aliphatic carbocycles. The number of nitrogens with one attached hydrogen (secondary N) is 1. The van der Waals surface area contributed by atoms with Crippen molar-refractivity contribution in [3.05, 3.63) is 35.4 Å². The molecule has 0 aliphatic rings. The zero-order chi connectivity index (χ0) is 11.8. The first kappa shape index (κ1) is 13.2. The van der Waals surface area contributed by atoms with E-state index in [1.54, 1.807) is 0 Å². The van der Waals surface area contributed by atoms with Gasteiger partial charge in [0, 0.05) is 12.6 Å². The smallest absolute Gasteiger partial charge is 0.0594 e. The van der Waals surface area contributed by atoms with Gasteiger partial charge in [-0.15, -0.1) is 0 Å². The predicted octanol–water partition coefficient (Wildman–Crippen LogP) is 0.701. The van der Waals surface area contributed by atoms with Crippen LogP contribution in [-0.2, 0) is 12.8 Å². The average Bonchev–Trinajstić information content (AvgIpc) is 2.35. The molecule has 0 radical (unpaired) electrons. The Labute approximate surface area is 97.7 Å². The minimum absolute atomic E-state index is 0.0399. The van der Waals surface area contributed by atoms with Crippen LogP contribution in [0.25, 0.3) is 0 Å². The summed E-state index contributed by atoms with van der Waals surface area (Å²) in [5.41, 5.74) is 8.29. The molecule has 0 aliphatic heterocycles. The molecule has 1 aromatic carbocycles. The van der Waals surface area contributed by atoms with E-state index in [-0.39, 0.29) is 12.6 Å². The largest absolute Gasteiger partial charge is 0.395 e. The lowest BCUT2D eigenvalue weighted by Gasteiger charge is -2.09. The topological polar surface area (TPSA) is 58.3 Å². The zero-order valence-corrected chi connectivity index (χ0v) is 9.95. The van der Waals surface area contributed by atoms with Crippen LogP contribution < -0.4 is 11.1 Å². The van der Waals surface area contributed by atoms with Crippen LogP contribution in [0.4, 0.5) is 0 Å². The molecule has 90 valence electrons. The highest BCUT2D eigenvalue weighted by Crippen LogP contribution is 2.05. The second-order valence-corrected chi connectivity index (χ2v) is 4.07. The van der Waals surface area contributed by atoms with Gasteiger partial charge in [-0.1, -0.05) is 31.2 Å². The number of aryl methyl sites for hydroxylation is 1. The lowest BCUT2D eigenvalue weighted by Crippen LogP contribution is -2.37. The van der Waals surface area contributed by atoms with E-state index in [1.165, 1.54) is 11.1 Å². The fraction of sp³-hybridized carbons (Fsp3) is 0.538. The van der Waals surface area contributed by atoms with Crippen molar-refractivity contribution < 1.29 is 5.11 Å². The molecule has 0 spiro atoms. The number of benzene rings is 1. The Morgan fingerprint density at radius 2 is 1.88 bits per heavy atom. The van der Waals surface area contributed by atoms with Crippen LogP contribution in [0.1, 0.15) is 18.1 Å². The summed E-state index contributed by atoms with van der Waals surface area (Å²) in [6, 6.07) is 8.55. The van der Waals surface area contributed by atoms with Gasteiger partial charge < -0.3 is 16.2 Å². The lowest BCUT2D eigenvalue weighted by molar-refractivity contribution is 0.262.